The number of carbonyl (C=O) groups excluding carboxylic acids is 6. The largest absolute Gasteiger partial charge is 0.505 e. The molecule has 1 unspecified atom stereocenters. The molecule has 4 heterocycles. The number of nitriles is 1. The molecule has 528 valence electrons. The van der Waals surface area contributed by atoms with Crippen molar-refractivity contribution in [3.05, 3.63) is 112 Å². The number of amides is 6. The number of phenols is 1. The Morgan fingerprint density at radius 1 is 0.717 bits per heavy atom. The number of hydrogen-bond acceptors (Lipinski definition) is 18. The summed E-state index contributed by atoms with van der Waals surface area (Å²) in [6.07, 6.45) is -0.0103. The van der Waals surface area contributed by atoms with Crippen molar-refractivity contribution in [1.82, 2.24) is 45.3 Å². The van der Waals surface area contributed by atoms with Gasteiger partial charge in [0.15, 0.2) is 0 Å². The number of alkyl halides is 2. The first kappa shape index (κ1) is 73.2. The third kappa shape index (κ3) is 19.6. The number of nitrogens with two attached hydrogens (primary N) is 1. The van der Waals surface area contributed by atoms with E-state index in [0.29, 0.717) is 35.3 Å². The standard InChI is InChI=1S/C70H86F2N14O13/c1-42-10-11-46-12-18-55(66(96)64(46)65(42)74)80-79-54-17-14-48(30-44(54)3)47-13-16-53(43(2)29-47)77-68(98)56(9-4-5-20-75-59(88)37-81-21-23-82(38-61(90)91)25-27-84(40-63(94)95)28-26-83(24-22-81)39-62(92)93)76-58(87)19-15-45-7-6-8-49-35-85(36-52(45)49)60(89)32-50-31-57(78-67(50)97)69(99)86-41-70(71,72)33-51(86)34-73/h6-8,10-14,16-18,29-30,50-51,56-57,79-80,96H,4-5,9,15,19-28,31-33,35-41,74H2,1-3H3,(H,75,88)(H,76,87)(H,77,98)(H,78,97)(H,90,91)(H,92,93)(H,94,95)/t50-,51-,56?,57-/m0/s1. The van der Waals surface area contributed by atoms with Gasteiger partial charge < -0.3 is 62.7 Å². The van der Waals surface area contributed by atoms with Gasteiger partial charge in [0.05, 0.1) is 50.2 Å². The van der Waals surface area contributed by atoms with Gasteiger partial charge in [0.2, 0.25) is 35.4 Å². The van der Waals surface area contributed by atoms with Gasteiger partial charge in [0.1, 0.15) is 23.9 Å². The van der Waals surface area contributed by atoms with Gasteiger partial charge in [-0.25, -0.2) is 8.78 Å². The molecule has 0 bridgehead atoms. The summed E-state index contributed by atoms with van der Waals surface area (Å²) in [5.74, 6) is -10.3. The highest BCUT2D eigenvalue weighted by molar-refractivity contribution is 6.03. The zero-order chi connectivity index (χ0) is 71.2. The van der Waals surface area contributed by atoms with Crippen molar-refractivity contribution >= 4 is 86.9 Å². The molecule has 4 aliphatic rings. The molecule has 4 aliphatic heterocycles. The Hall–Kier alpha value is -10.0. The molecule has 3 fully saturated rings. The number of phenolic OH excluding ortho intramolecular Hbond substituents is 1. The van der Waals surface area contributed by atoms with Crippen molar-refractivity contribution < 1.29 is 72.4 Å². The lowest BCUT2D eigenvalue weighted by Crippen LogP contribution is -2.49. The van der Waals surface area contributed by atoms with Crippen molar-refractivity contribution in [3.63, 3.8) is 0 Å². The minimum atomic E-state index is -3.24. The van der Waals surface area contributed by atoms with Crippen LogP contribution in [-0.2, 0) is 62.7 Å². The van der Waals surface area contributed by atoms with E-state index >= 15 is 0 Å². The number of rotatable bonds is 26. The third-order valence-corrected chi connectivity index (χ3v) is 18.7. The highest BCUT2D eigenvalue weighted by Gasteiger charge is 2.50. The lowest BCUT2D eigenvalue weighted by Gasteiger charge is -2.32. The molecular weight excluding hydrogens is 1280 g/mol. The Kier molecular flexibility index (Phi) is 24.4. The number of carbonyl (C=O) groups is 9. The highest BCUT2D eigenvalue weighted by Crippen LogP contribution is 2.39. The second kappa shape index (κ2) is 33.0. The molecule has 0 aliphatic carbocycles. The predicted molar refractivity (Wildman–Crippen MR) is 364 cm³/mol. The highest BCUT2D eigenvalue weighted by atomic mass is 19.3. The fourth-order valence-corrected chi connectivity index (χ4v) is 13.2. The summed E-state index contributed by atoms with van der Waals surface area (Å²) in [6, 6.07) is 22.6. The Morgan fingerprint density at radius 2 is 1.29 bits per heavy atom. The Balaban J connectivity index is 0.826. The molecule has 5 aromatic carbocycles. The molecule has 5 aromatic rings. The fourth-order valence-electron chi connectivity index (χ4n) is 13.2. The number of hydrogen-bond donors (Lipinski definition) is 11. The number of unbranched alkanes of at least 4 members (excludes halogenated alkanes) is 1. The average Bonchev–Trinajstić information content (AvgIpc) is 1.57. The molecule has 0 aromatic heterocycles. The number of aliphatic carboxylic acids is 3. The van der Waals surface area contributed by atoms with E-state index in [-0.39, 0.29) is 148 Å². The quantitative estimate of drug-likeness (QED) is 0.0157. The monoisotopic (exact) mass is 1370 g/mol. The molecule has 0 saturated carbocycles. The summed E-state index contributed by atoms with van der Waals surface area (Å²) >= 11 is 0. The number of anilines is 4. The van der Waals surface area contributed by atoms with Crippen LogP contribution in [0.4, 0.5) is 31.5 Å². The molecule has 9 rings (SSSR count). The lowest BCUT2D eigenvalue weighted by atomic mass is 9.99. The van der Waals surface area contributed by atoms with Crippen molar-refractivity contribution in [1.29, 1.82) is 5.26 Å². The van der Waals surface area contributed by atoms with Crippen molar-refractivity contribution in [2.24, 2.45) is 5.92 Å². The summed E-state index contributed by atoms with van der Waals surface area (Å²) in [5.41, 5.74) is 21.5. The molecule has 12 N–H and O–H groups in total. The number of carboxylic acids is 3. The van der Waals surface area contributed by atoms with Gasteiger partial charge in [0.25, 0.3) is 5.92 Å². The maximum atomic E-state index is 14.5. The molecule has 0 radical (unpaired) electrons. The van der Waals surface area contributed by atoms with E-state index in [9.17, 15) is 77.6 Å². The Labute approximate surface area is 571 Å². The summed E-state index contributed by atoms with van der Waals surface area (Å²) < 4.78 is 28.4. The first-order valence-corrected chi connectivity index (χ1v) is 33.1. The van der Waals surface area contributed by atoms with Crippen LogP contribution in [0.15, 0.2) is 78.9 Å². The minimum Gasteiger partial charge on any atom is -0.505 e. The minimum absolute atomic E-state index is 0.0191. The fraction of sp³-hybridized carbons (Fsp3) is 0.457. The predicted octanol–water partition coefficient (Wildman–Crippen LogP) is 4.47. The van der Waals surface area contributed by atoms with Crippen LogP contribution < -0.4 is 37.9 Å². The van der Waals surface area contributed by atoms with Gasteiger partial charge in [-0.15, -0.1) is 0 Å². The number of nitrogens with zero attached hydrogens (tertiary/aromatic N) is 7. The van der Waals surface area contributed by atoms with Gasteiger partial charge in [-0.2, -0.15) is 5.26 Å². The smallest absolute Gasteiger partial charge is 0.317 e. The number of halogens is 2. The van der Waals surface area contributed by atoms with Crippen LogP contribution in [0.3, 0.4) is 0 Å². The molecule has 4 atom stereocenters. The van der Waals surface area contributed by atoms with Crippen LogP contribution in [0.5, 0.6) is 5.75 Å². The van der Waals surface area contributed by atoms with Crippen LogP contribution in [-0.4, -0.2) is 219 Å². The van der Waals surface area contributed by atoms with Gasteiger partial charge in [-0.05, 0) is 133 Å². The van der Waals surface area contributed by atoms with Gasteiger partial charge >= 0.3 is 17.9 Å². The molecular formula is C70H86F2N14O13. The topological polar surface area (TPSA) is 376 Å². The Morgan fingerprint density at radius 3 is 1.89 bits per heavy atom. The number of benzene rings is 5. The second-order valence-electron chi connectivity index (χ2n) is 26.1. The summed E-state index contributed by atoms with van der Waals surface area (Å²) in [7, 11) is 0. The number of likely N-dealkylation sites (tertiary alicyclic amines) is 1. The zero-order valence-corrected chi connectivity index (χ0v) is 55.7. The van der Waals surface area contributed by atoms with Gasteiger partial charge in [-0.1, -0.05) is 48.5 Å². The van der Waals surface area contributed by atoms with E-state index < -0.39 is 84.5 Å². The number of nitrogens with one attached hydrogen (secondary N) is 6. The van der Waals surface area contributed by atoms with E-state index in [0.717, 1.165) is 60.5 Å². The van der Waals surface area contributed by atoms with Crippen LogP contribution in [0, 0.1) is 38.0 Å². The molecule has 6 amide bonds. The maximum Gasteiger partial charge on any atom is 0.317 e. The first-order valence-electron chi connectivity index (χ1n) is 33.1. The maximum absolute atomic E-state index is 14.5. The molecule has 0 spiro atoms. The SMILES string of the molecule is Cc1cc(-c2ccc(NC(=O)C(CCCCNC(=O)CN3CCN(CC(=O)O)CCN(CC(=O)O)CCN(CC(=O)O)CC3)NC(=O)CCc3cccc4c3CN(C(=O)C[C@@H]3C[C@@H](C(=O)N5CC(F)(F)C[C@H]5C#N)NC3=O)C4)c(C)c2)ccc1NNc1ccc2ccc(C)c(N)c2c1O. The summed E-state index contributed by atoms with van der Waals surface area (Å²) in [6.45, 7) is 6.15. The van der Waals surface area contributed by atoms with Crippen LogP contribution in [0.2, 0.25) is 0 Å². The number of hydrazine groups is 1. The summed E-state index contributed by atoms with van der Waals surface area (Å²) in [5, 5.41) is 62.2. The molecule has 99 heavy (non-hydrogen) atoms. The van der Waals surface area contributed by atoms with Crippen LogP contribution in [0.25, 0.3) is 21.9 Å². The number of carboxylic acid groups (broad SMARTS) is 3. The number of fused-ring (bicyclic) bond motifs is 2. The van der Waals surface area contributed by atoms with E-state index in [1.54, 1.807) is 37.8 Å². The number of aromatic hydroxyl groups is 1. The lowest BCUT2D eigenvalue weighted by molar-refractivity contribution is -0.140. The van der Waals surface area contributed by atoms with Crippen molar-refractivity contribution in [3.8, 4) is 22.9 Å². The first-order chi connectivity index (χ1) is 47.2. The van der Waals surface area contributed by atoms with Crippen molar-refractivity contribution in [2.75, 3.05) is 114 Å². The van der Waals surface area contributed by atoms with Crippen LogP contribution in [0.1, 0.15) is 78.3 Å². The normalized spacial score (nSPS) is 18.8. The number of aryl methyl sites for hydroxylation is 4. The zero-order valence-electron chi connectivity index (χ0n) is 55.7. The Bertz CT molecular complexity index is 3890. The summed E-state index contributed by atoms with van der Waals surface area (Å²) in [4.78, 5) is 127. The van der Waals surface area contributed by atoms with Gasteiger partial charge in [-0.3, -0.25) is 68.2 Å². The van der Waals surface area contributed by atoms with Crippen molar-refractivity contribution in [2.45, 2.75) is 109 Å². The van der Waals surface area contributed by atoms with E-state index in [2.05, 4.69) is 32.1 Å². The second-order valence-corrected chi connectivity index (χ2v) is 26.1. The third-order valence-electron chi connectivity index (χ3n) is 18.7. The van der Waals surface area contributed by atoms with Crippen LogP contribution >= 0.6 is 0 Å². The van der Waals surface area contributed by atoms with Gasteiger partial charge in [0, 0.05) is 114 Å². The van der Waals surface area contributed by atoms with E-state index in [1.807, 2.05) is 92.4 Å². The van der Waals surface area contributed by atoms with E-state index in [4.69, 9.17) is 5.73 Å². The number of nitrogen functional groups attached to an aromatic ring is 1. The average molecular weight is 1370 g/mol. The van der Waals surface area contributed by atoms with E-state index in [1.165, 1.54) is 0 Å². The molecule has 29 heteroatoms. The molecule has 3 saturated heterocycles. The molecule has 27 nitrogen and oxygen atoms in total.